The van der Waals surface area contributed by atoms with Gasteiger partial charge >= 0.3 is 0 Å². The molecule has 1 saturated heterocycles. The van der Waals surface area contributed by atoms with Crippen molar-refractivity contribution in [2.75, 3.05) is 6.54 Å². The molecule has 27 heavy (non-hydrogen) atoms. The zero-order chi connectivity index (χ0) is 19.6. The molecule has 1 aliphatic rings. The molecule has 1 fully saturated rings. The zero-order valence-corrected chi connectivity index (χ0v) is 17.1. The third-order valence-electron chi connectivity index (χ3n) is 5.78. The van der Waals surface area contributed by atoms with Gasteiger partial charge in [0.2, 0.25) is 5.91 Å². The van der Waals surface area contributed by atoms with Crippen molar-refractivity contribution in [1.82, 2.24) is 20.0 Å². The van der Waals surface area contributed by atoms with E-state index in [0.29, 0.717) is 11.6 Å². The van der Waals surface area contributed by atoms with Crippen molar-refractivity contribution in [3.8, 4) is 11.3 Å². The Bertz CT molecular complexity index is 811. The highest BCUT2D eigenvalue weighted by Crippen LogP contribution is 2.38. The van der Waals surface area contributed by atoms with E-state index in [1.165, 1.54) is 0 Å². The molecule has 0 bridgehead atoms. The van der Waals surface area contributed by atoms with Gasteiger partial charge in [0.1, 0.15) is 5.82 Å². The van der Waals surface area contributed by atoms with Gasteiger partial charge in [-0.3, -0.25) is 4.79 Å². The molecule has 0 saturated carbocycles. The monoisotopic (exact) mass is 370 g/mol. The number of hydrogen-bond acceptors (Lipinski definition) is 5. The van der Waals surface area contributed by atoms with Gasteiger partial charge in [-0.1, -0.05) is 19.0 Å². The fraction of sp³-hybridized carbons (Fsp3) is 0.619. The summed E-state index contributed by atoms with van der Waals surface area (Å²) in [5, 5.41) is 4.10. The Balaban J connectivity index is 2.06. The largest absolute Gasteiger partial charge is 0.356 e. The number of carbonyl (C=O) groups excluding carboxylic acids is 1. The molecule has 2 aromatic heterocycles. The van der Waals surface area contributed by atoms with Crippen molar-refractivity contribution in [3.05, 3.63) is 29.0 Å². The molecule has 0 aliphatic carbocycles. The molecule has 3 heterocycles. The van der Waals surface area contributed by atoms with Gasteiger partial charge in [-0.25, -0.2) is 9.97 Å². The van der Waals surface area contributed by atoms with Gasteiger partial charge in [0, 0.05) is 24.2 Å². The minimum absolute atomic E-state index is 0.0339. The molecule has 0 spiro atoms. The smallest absolute Gasteiger partial charge is 0.226 e. The van der Waals surface area contributed by atoms with Gasteiger partial charge in [-0.2, -0.15) is 0 Å². The first-order chi connectivity index (χ1) is 13.0. The Morgan fingerprint density at radius 1 is 1.26 bits per heavy atom. The van der Waals surface area contributed by atoms with Crippen molar-refractivity contribution in [2.45, 2.75) is 72.8 Å². The van der Waals surface area contributed by atoms with E-state index >= 15 is 0 Å². The number of rotatable bonds is 5. The molecule has 0 unspecified atom stereocenters. The lowest BCUT2D eigenvalue weighted by atomic mass is 9.92. The van der Waals surface area contributed by atoms with Crippen LogP contribution >= 0.6 is 0 Å². The minimum Gasteiger partial charge on any atom is -0.356 e. The van der Waals surface area contributed by atoms with Crippen molar-refractivity contribution < 1.29 is 9.32 Å². The Labute approximate surface area is 161 Å². The quantitative estimate of drug-likeness (QED) is 0.772. The first-order valence-corrected chi connectivity index (χ1v) is 10.0. The molecule has 0 radical (unpaired) electrons. The topological polar surface area (TPSA) is 72.1 Å². The maximum absolute atomic E-state index is 13.2. The van der Waals surface area contributed by atoms with Crippen LogP contribution in [-0.4, -0.2) is 32.5 Å². The summed E-state index contributed by atoms with van der Waals surface area (Å²) in [7, 11) is 0. The Morgan fingerprint density at radius 3 is 2.63 bits per heavy atom. The normalized spacial score (nSPS) is 17.6. The zero-order valence-electron chi connectivity index (χ0n) is 17.1. The lowest BCUT2D eigenvalue weighted by molar-refractivity contribution is -0.139. The van der Waals surface area contributed by atoms with Crippen LogP contribution in [0.2, 0.25) is 0 Å². The van der Waals surface area contributed by atoms with Crippen LogP contribution in [-0.2, 0) is 4.79 Å². The Kier molecular flexibility index (Phi) is 5.92. The summed E-state index contributed by atoms with van der Waals surface area (Å²) in [5.74, 6) is 1.75. The lowest BCUT2D eigenvalue weighted by Gasteiger charge is -2.38. The number of nitrogens with zero attached hydrogens (tertiary/aromatic N) is 4. The van der Waals surface area contributed by atoms with E-state index in [2.05, 4.69) is 24.0 Å². The van der Waals surface area contributed by atoms with Gasteiger partial charge in [0.15, 0.2) is 5.76 Å². The lowest BCUT2D eigenvalue weighted by Crippen LogP contribution is -2.42. The summed E-state index contributed by atoms with van der Waals surface area (Å²) in [6, 6.07) is -0.0339. The van der Waals surface area contributed by atoms with Crippen molar-refractivity contribution in [2.24, 2.45) is 5.92 Å². The Morgan fingerprint density at radius 2 is 2.00 bits per heavy atom. The first kappa shape index (κ1) is 19.5. The third kappa shape index (κ3) is 3.75. The minimum atomic E-state index is -0.0339. The highest BCUT2D eigenvalue weighted by Gasteiger charge is 2.34. The van der Waals surface area contributed by atoms with Crippen LogP contribution in [0.3, 0.4) is 0 Å². The van der Waals surface area contributed by atoms with Crippen molar-refractivity contribution in [3.63, 3.8) is 0 Å². The van der Waals surface area contributed by atoms with Crippen LogP contribution < -0.4 is 0 Å². The Hall–Kier alpha value is -2.24. The van der Waals surface area contributed by atoms with E-state index < -0.39 is 0 Å². The van der Waals surface area contributed by atoms with Crippen molar-refractivity contribution in [1.29, 1.82) is 0 Å². The van der Waals surface area contributed by atoms with E-state index in [9.17, 15) is 4.79 Å². The highest BCUT2D eigenvalue weighted by molar-refractivity contribution is 5.79. The van der Waals surface area contributed by atoms with Crippen LogP contribution in [0.4, 0.5) is 0 Å². The van der Waals surface area contributed by atoms with E-state index in [1.54, 1.807) is 0 Å². The summed E-state index contributed by atoms with van der Waals surface area (Å²) < 4.78 is 5.60. The maximum Gasteiger partial charge on any atom is 0.226 e. The van der Waals surface area contributed by atoms with Gasteiger partial charge in [-0.05, 0) is 52.9 Å². The summed E-state index contributed by atoms with van der Waals surface area (Å²) >= 11 is 0. The first-order valence-electron chi connectivity index (χ1n) is 10.0. The number of piperidine rings is 1. The van der Waals surface area contributed by atoms with E-state index in [-0.39, 0.29) is 17.9 Å². The number of aryl methyl sites for hydroxylation is 2. The summed E-state index contributed by atoms with van der Waals surface area (Å²) in [6.07, 6.45) is 6.61. The molecule has 1 atom stereocenters. The van der Waals surface area contributed by atoms with E-state index in [0.717, 1.165) is 61.2 Å². The predicted molar refractivity (Wildman–Crippen MR) is 104 cm³/mol. The summed E-state index contributed by atoms with van der Waals surface area (Å²) in [4.78, 5) is 24.4. The molecule has 146 valence electrons. The predicted octanol–water partition coefficient (Wildman–Crippen LogP) is 4.55. The number of hydrogen-bond donors (Lipinski definition) is 0. The number of aromatic nitrogens is 3. The molecule has 3 rings (SSSR count). The standard InChI is InChI=1S/C21H30N4O2/c1-6-16(7-2)21(26)25-11-9-8-10-18(25)19-17(12-22-15(5)23-19)20-13(3)14(4)24-27-20/h12,16,18H,6-11H2,1-5H3/t18-/m0/s1. The summed E-state index contributed by atoms with van der Waals surface area (Å²) in [5.41, 5.74) is 3.61. The number of likely N-dealkylation sites (tertiary alicyclic amines) is 1. The molecule has 0 N–H and O–H groups in total. The van der Waals surface area contributed by atoms with Gasteiger partial charge < -0.3 is 9.42 Å². The molecular formula is C21H30N4O2. The molecule has 6 heteroatoms. The highest BCUT2D eigenvalue weighted by atomic mass is 16.5. The molecular weight excluding hydrogens is 340 g/mol. The van der Waals surface area contributed by atoms with Crippen LogP contribution in [0, 0.1) is 26.7 Å². The number of amides is 1. The SMILES string of the molecule is CCC(CC)C(=O)N1CCCC[C@H]1c1nc(C)ncc1-c1onc(C)c1C. The van der Waals surface area contributed by atoms with E-state index in [1.807, 2.05) is 31.9 Å². The molecule has 0 aromatic carbocycles. The fourth-order valence-corrected chi connectivity index (χ4v) is 3.94. The van der Waals surface area contributed by atoms with Crippen LogP contribution in [0.5, 0.6) is 0 Å². The van der Waals surface area contributed by atoms with Crippen molar-refractivity contribution >= 4 is 5.91 Å². The molecule has 1 aliphatic heterocycles. The molecule has 2 aromatic rings. The second-order valence-electron chi connectivity index (χ2n) is 7.49. The van der Waals surface area contributed by atoms with Gasteiger partial charge in [0.25, 0.3) is 0 Å². The van der Waals surface area contributed by atoms with Gasteiger partial charge in [-0.15, -0.1) is 0 Å². The second kappa shape index (κ2) is 8.19. The summed E-state index contributed by atoms with van der Waals surface area (Å²) in [6.45, 7) is 10.8. The number of carbonyl (C=O) groups is 1. The van der Waals surface area contributed by atoms with Crippen LogP contribution in [0.15, 0.2) is 10.7 Å². The average Bonchev–Trinajstić information content (AvgIpc) is 3.01. The maximum atomic E-state index is 13.2. The van der Waals surface area contributed by atoms with Crippen LogP contribution in [0.25, 0.3) is 11.3 Å². The van der Waals surface area contributed by atoms with Crippen LogP contribution in [0.1, 0.15) is 74.8 Å². The fourth-order valence-electron chi connectivity index (χ4n) is 3.94. The second-order valence-corrected chi connectivity index (χ2v) is 7.49. The van der Waals surface area contributed by atoms with E-state index in [4.69, 9.17) is 9.51 Å². The molecule has 1 amide bonds. The molecule has 6 nitrogen and oxygen atoms in total. The third-order valence-corrected chi connectivity index (χ3v) is 5.78. The average molecular weight is 370 g/mol. The van der Waals surface area contributed by atoms with Gasteiger partial charge in [0.05, 0.1) is 23.0 Å².